The average molecular weight is 419 g/mol. The van der Waals surface area contributed by atoms with E-state index in [1.54, 1.807) is 9.80 Å². The number of carbonyl (C=O) groups excluding carboxylic acids is 2. The Labute approximate surface area is 158 Å². The summed E-state index contributed by atoms with van der Waals surface area (Å²) in [7, 11) is 0. The van der Waals surface area contributed by atoms with Crippen molar-refractivity contribution in [2.24, 2.45) is 11.7 Å². The summed E-state index contributed by atoms with van der Waals surface area (Å²) >= 11 is 3.36. The molecular weight excluding hydrogens is 394 g/mol. The van der Waals surface area contributed by atoms with E-state index in [0.29, 0.717) is 31.7 Å². The zero-order valence-corrected chi connectivity index (χ0v) is 16.5. The van der Waals surface area contributed by atoms with Crippen molar-refractivity contribution in [2.75, 3.05) is 26.2 Å². The highest BCUT2D eigenvalue weighted by molar-refractivity contribution is 9.10. The van der Waals surface area contributed by atoms with E-state index in [2.05, 4.69) is 15.9 Å². The molecule has 0 spiro atoms. The number of nitrogens with two attached hydrogens (primary N) is 1. The van der Waals surface area contributed by atoms with Crippen LogP contribution in [0, 0.1) is 5.92 Å². The van der Waals surface area contributed by atoms with Crippen LogP contribution in [0.5, 0.6) is 0 Å². The summed E-state index contributed by atoms with van der Waals surface area (Å²) in [5.41, 5.74) is 6.70. The second-order valence-electron chi connectivity index (χ2n) is 6.04. The van der Waals surface area contributed by atoms with E-state index < -0.39 is 6.04 Å². The molecule has 0 saturated carbocycles. The molecule has 1 saturated heterocycles. The lowest BCUT2D eigenvalue weighted by Gasteiger charge is -2.36. The van der Waals surface area contributed by atoms with Gasteiger partial charge in [0.25, 0.3) is 5.91 Å². The maximum atomic E-state index is 12.5. The van der Waals surface area contributed by atoms with Crippen LogP contribution in [-0.2, 0) is 4.79 Å². The minimum atomic E-state index is -0.450. The van der Waals surface area contributed by atoms with Crippen molar-refractivity contribution in [3.63, 3.8) is 0 Å². The fraction of sp³-hybridized carbons (Fsp3) is 0.529. The van der Waals surface area contributed by atoms with Gasteiger partial charge in [0, 0.05) is 36.2 Å². The molecule has 134 valence electrons. The lowest BCUT2D eigenvalue weighted by Crippen LogP contribution is -2.55. The van der Waals surface area contributed by atoms with Crippen LogP contribution in [0.4, 0.5) is 0 Å². The van der Waals surface area contributed by atoms with Crippen LogP contribution in [0.15, 0.2) is 28.7 Å². The van der Waals surface area contributed by atoms with Crippen molar-refractivity contribution in [1.82, 2.24) is 9.80 Å². The standard InChI is InChI=1S/C17H24BrN3O2.ClH/c1-3-12(2)15(19)17(23)21-10-8-20(9-11-21)16(22)13-4-6-14(18)7-5-13;/h4-7,12,15H,3,8-11,19H2,1-2H3;1H. The van der Waals surface area contributed by atoms with Crippen molar-refractivity contribution in [3.8, 4) is 0 Å². The molecule has 1 aromatic rings. The van der Waals surface area contributed by atoms with Gasteiger partial charge in [-0.15, -0.1) is 12.4 Å². The molecule has 1 fully saturated rings. The zero-order valence-electron chi connectivity index (χ0n) is 14.1. The van der Waals surface area contributed by atoms with Gasteiger partial charge in [-0.05, 0) is 30.2 Å². The van der Waals surface area contributed by atoms with E-state index in [9.17, 15) is 9.59 Å². The van der Waals surface area contributed by atoms with Gasteiger partial charge >= 0.3 is 0 Å². The third-order valence-corrected chi connectivity index (χ3v) is 5.04. The summed E-state index contributed by atoms with van der Waals surface area (Å²) in [6, 6.07) is 6.88. The summed E-state index contributed by atoms with van der Waals surface area (Å²) in [4.78, 5) is 28.4. The van der Waals surface area contributed by atoms with E-state index in [0.717, 1.165) is 10.9 Å². The maximum absolute atomic E-state index is 12.5. The second kappa shape index (κ2) is 9.39. The SMILES string of the molecule is CCC(C)C(N)C(=O)N1CCN(C(=O)c2ccc(Br)cc2)CC1.Cl. The summed E-state index contributed by atoms with van der Waals surface area (Å²) in [5, 5.41) is 0. The average Bonchev–Trinajstić information content (AvgIpc) is 2.60. The Hall–Kier alpha value is -1.11. The van der Waals surface area contributed by atoms with Gasteiger partial charge in [-0.3, -0.25) is 9.59 Å². The van der Waals surface area contributed by atoms with Crippen LogP contribution in [0.3, 0.4) is 0 Å². The molecular formula is C17H25BrClN3O2. The Kier molecular flexibility index (Phi) is 8.19. The first kappa shape index (κ1) is 20.9. The van der Waals surface area contributed by atoms with Gasteiger partial charge in [0.05, 0.1) is 6.04 Å². The molecule has 1 heterocycles. The third-order valence-electron chi connectivity index (χ3n) is 4.51. The number of carbonyl (C=O) groups is 2. The molecule has 1 aliphatic rings. The highest BCUT2D eigenvalue weighted by Gasteiger charge is 2.29. The quantitative estimate of drug-likeness (QED) is 0.817. The molecule has 2 N–H and O–H groups in total. The van der Waals surface area contributed by atoms with Crippen molar-refractivity contribution >= 4 is 40.2 Å². The Morgan fingerprint density at radius 2 is 1.62 bits per heavy atom. The monoisotopic (exact) mass is 417 g/mol. The van der Waals surface area contributed by atoms with Crippen molar-refractivity contribution in [1.29, 1.82) is 0 Å². The molecule has 0 bridgehead atoms. The molecule has 2 unspecified atom stereocenters. The van der Waals surface area contributed by atoms with Gasteiger partial charge in [-0.2, -0.15) is 0 Å². The first-order valence-electron chi connectivity index (χ1n) is 8.03. The predicted octanol–water partition coefficient (Wildman–Crippen LogP) is 2.53. The number of benzene rings is 1. The van der Waals surface area contributed by atoms with Crippen LogP contribution in [-0.4, -0.2) is 53.8 Å². The Balaban J connectivity index is 0.00000288. The molecule has 0 aliphatic carbocycles. The Bertz CT molecular complexity index is 559. The highest BCUT2D eigenvalue weighted by atomic mass is 79.9. The molecule has 24 heavy (non-hydrogen) atoms. The number of piperazine rings is 1. The smallest absolute Gasteiger partial charge is 0.253 e. The van der Waals surface area contributed by atoms with Crippen LogP contribution >= 0.6 is 28.3 Å². The predicted molar refractivity (Wildman–Crippen MR) is 101 cm³/mol. The largest absolute Gasteiger partial charge is 0.338 e. The molecule has 0 aromatic heterocycles. The number of hydrogen-bond acceptors (Lipinski definition) is 3. The van der Waals surface area contributed by atoms with E-state index in [-0.39, 0.29) is 30.1 Å². The van der Waals surface area contributed by atoms with Gasteiger partial charge in [-0.1, -0.05) is 36.2 Å². The summed E-state index contributed by atoms with van der Waals surface area (Å²) in [5.74, 6) is 0.177. The fourth-order valence-corrected chi connectivity index (χ4v) is 2.88. The molecule has 2 atom stereocenters. The third kappa shape index (κ3) is 4.94. The van der Waals surface area contributed by atoms with Gasteiger partial charge in [-0.25, -0.2) is 0 Å². The van der Waals surface area contributed by atoms with Gasteiger partial charge in [0.1, 0.15) is 0 Å². The number of halogens is 2. The minimum absolute atomic E-state index is 0. The topological polar surface area (TPSA) is 66.6 Å². The second-order valence-corrected chi connectivity index (χ2v) is 6.95. The molecule has 1 aliphatic heterocycles. The normalized spacial score (nSPS) is 17.0. The first-order chi connectivity index (χ1) is 10.9. The molecule has 7 heteroatoms. The van der Waals surface area contributed by atoms with Crippen LogP contribution in [0.2, 0.25) is 0 Å². The van der Waals surface area contributed by atoms with Gasteiger partial charge in [0.2, 0.25) is 5.91 Å². The zero-order chi connectivity index (χ0) is 17.0. The van der Waals surface area contributed by atoms with Crippen molar-refractivity contribution in [3.05, 3.63) is 34.3 Å². The molecule has 2 amide bonds. The maximum Gasteiger partial charge on any atom is 0.253 e. The van der Waals surface area contributed by atoms with Gasteiger partial charge < -0.3 is 15.5 Å². The lowest BCUT2D eigenvalue weighted by atomic mass is 9.98. The number of rotatable bonds is 4. The van der Waals surface area contributed by atoms with E-state index in [1.807, 2.05) is 38.1 Å². The molecule has 5 nitrogen and oxygen atoms in total. The van der Waals surface area contributed by atoms with E-state index in [1.165, 1.54) is 0 Å². The summed E-state index contributed by atoms with van der Waals surface area (Å²) in [6.45, 7) is 6.22. The fourth-order valence-electron chi connectivity index (χ4n) is 2.61. The Morgan fingerprint density at radius 1 is 1.12 bits per heavy atom. The Morgan fingerprint density at radius 3 is 2.12 bits per heavy atom. The number of amides is 2. The molecule has 1 aromatic carbocycles. The number of nitrogens with zero attached hydrogens (tertiary/aromatic N) is 2. The van der Waals surface area contributed by atoms with Crippen molar-refractivity contribution < 1.29 is 9.59 Å². The molecule has 2 rings (SSSR count). The van der Waals surface area contributed by atoms with Crippen LogP contribution in [0.1, 0.15) is 30.6 Å². The molecule has 0 radical (unpaired) electrons. The van der Waals surface area contributed by atoms with E-state index >= 15 is 0 Å². The highest BCUT2D eigenvalue weighted by Crippen LogP contribution is 2.15. The van der Waals surface area contributed by atoms with Crippen molar-refractivity contribution in [2.45, 2.75) is 26.3 Å². The number of hydrogen-bond donors (Lipinski definition) is 1. The van der Waals surface area contributed by atoms with Crippen LogP contribution in [0.25, 0.3) is 0 Å². The first-order valence-corrected chi connectivity index (χ1v) is 8.82. The van der Waals surface area contributed by atoms with Gasteiger partial charge in [0.15, 0.2) is 0 Å². The summed E-state index contributed by atoms with van der Waals surface area (Å²) in [6.07, 6.45) is 0.884. The van der Waals surface area contributed by atoms with E-state index in [4.69, 9.17) is 5.73 Å². The van der Waals surface area contributed by atoms with Crippen LogP contribution < -0.4 is 5.73 Å². The minimum Gasteiger partial charge on any atom is -0.338 e. The summed E-state index contributed by atoms with van der Waals surface area (Å²) < 4.78 is 0.948. The lowest BCUT2D eigenvalue weighted by molar-refractivity contribution is -0.135.